The molecule has 18 heavy (non-hydrogen) atoms. The zero-order chi connectivity index (χ0) is 13.4. The predicted molar refractivity (Wildman–Crippen MR) is 70.2 cm³/mol. The maximum absolute atomic E-state index is 11.4. The minimum absolute atomic E-state index is 0.0593. The summed E-state index contributed by atoms with van der Waals surface area (Å²) in [6, 6.07) is 8.96. The van der Waals surface area contributed by atoms with Crippen LogP contribution in [0.15, 0.2) is 43.0 Å². The zero-order valence-electron chi connectivity index (χ0n) is 10.5. The van der Waals surface area contributed by atoms with Crippen LogP contribution in [-0.4, -0.2) is 36.9 Å². The molecule has 0 heterocycles. The highest BCUT2D eigenvalue weighted by atomic mass is 16.5. The summed E-state index contributed by atoms with van der Waals surface area (Å²) in [5.41, 5.74) is 1.09. The Morgan fingerprint density at radius 2 is 2.17 bits per heavy atom. The number of esters is 1. The van der Waals surface area contributed by atoms with Crippen LogP contribution in [0, 0.1) is 0 Å². The number of aliphatic hydroxyl groups is 1. The Hall–Kier alpha value is -1.65. The first-order chi connectivity index (χ1) is 8.71. The number of hydrogen-bond donors (Lipinski definition) is 2. The SMILES string of the molecule is C=CC(NC(CO)Cc1ccccc1)C(=O)OC. The summed E-state index contributed by atoms with van der Waals surface area (Å²) in [4.78, 5) is 11.4. The van der Waals surface area contributed by atoms with Crippen LogP contribution in [0.2, 0.25) is 0 Å². The van der Waals surface area contributed by atoms with Gasteiger partial charge in [-0.1, -0.05) is 36.4 Å². The van der Waals surface area contributed by atoms with Crippen molar-refractivity contribution >= 4 is 5.97 Å². The Balaban J connectivity index is 2.61. The van der Waals surface area contributed by atoms with Crippen molar-refractivity contribution in [2.45, 2.75) is 18.5 Å². The van der Waals surface area contributed by atoms with E-state index < -0.39 is 12.0 Å². The van der Waals surface area contributed by atoms with Gasteiger partial charge in [0.05, 0.1) is 13.7 Å². The average Bonchev–Trinajstić information content (AvgIpc) is 2.43. The number of benzene rings is 1. The maximum atomic E-state index is 11.4. The molecule has 4 heteroatoms. The molecule has 4 nitrogen and oxygen atoms in total. The summed E-state index contributed by atoms with van der Waals surface area (Å²) in [5, 5.41) is 12.3. The first-order valence-electron chi connectivity index (χ1n) is 5.82. The molecule has 0 radical (unpaired) electrons. The second-order valence-electron chi connectivity index (χ2n) is 3.97. The van der Waals surface area contributed by atoms with Crippen LogP contribution in [-0.2, 0) is 16.0 Å². The lowest BCUT2D eigenvalue weighted by Gasteiger charge is -2.20. The van der Waals surface area contributed by atoms with Gasteiger partial charge in [0.25, 0.3) is 0 Å². The van der Waals surface area contributed by atoms with Gasteiger partial charge in [-0.15, -0.1) is 6.58 Å². The van der Waals surface area contributed by atoms with Crippen molar-refractivity contribution < 1.29 is 14.6 Å². The fourth-order valence-electron chi connectivity index (χ4n) is 1.69. The number of aliphatic hydroxyl groups excluding tert-OH is 1. The van der Waals surface area contributed by atoms with Crippen LogP contribution >= 0.6 is 0 Å². The smallest absolute Gasteiger partial charge is 0.326 e. The Labute approximate surface area is 107 Å². The lowest BCUT2D eigenvalue weighted by molar-refractivity contribution is -0.142. The maximum Gasteiger partial charge on any atom is 0.326 e. The lowest BCUT2D eigenvalue weighted by Crippen LogP contribution is -2.45. The second kappa shape index (κ2) is 7.63. The van der Waals surface area contributed by atoms with Crippen LogP contribution in [0.4, 0.5) is 0 Å². The van der Waals surface area contributed by atoms with Gasteiger partial charge in [-0.05, 0) is 12.0 Å². The van der Waals surface area contributed by atoms with Crippen LogP contribution in [0.1, 0.15) is 5.56 Å². The minimum Gasteiger partial charge on any atom is -0.468 e. The normalized spacial score (nSPS) is 13.7. The third-order valence-corrected chi connectivity index (χ3v) is 2.65. The Kier molecular flexibility index (Phi) is 6.11. The lowest BCUT2D eigenvalue weighted by atomic mass is 10.1. The van der Waals surface area contributed by atoms with Gasteiger partial charge in [0.2, 0.25) is 0 Å². The third-order valence-electron chi connectivity index (χ3n) is 2.65. The van der Waals surface area contributed by atoms with E-state index in [0.717, 1.165) is 5.56 Å². The van der Waals surface area contributed by atoms with Gasteiger partial charge in [0.1, 0.15) is 6.04 Å². The first-order valence-corrected chi connectivity index (χ1v) is 5.82. The number of carbonyl (C=O) groups excluding carboxylic acids is 1. The van der Waals surface area contributed by atoms with E-state index in [2.05, 4.69) is 16.6 Å². The molecule has 2 N–H and O–H groups in total. The number of nitrogens with one attached hydrogen (secondary N) is 1. The van der Waals surface area contributed by atoms with Gasteiger partial charge in [-0.25, -0.2) is 0 Å². The van der Waals surface area contributed by atoms with Gasteiger partial charge >= 0.3 is 5.97 Å². The summed E-state index contributed by atoms with van der Waals surface area (Å²) in [6.07, 6.45) is 2.11. The molecular weight excluding hydrogens is 230 g/mol. The quantitative estimate of drug-likeness (QED) is 0.557. The number of carbonyl (C=O) groups is 1. The number of methoxy groups -OCH3 is 1. The van der Waals surface area contributed by atoms with Crippen LogP contribution < -0.4 is 5.32 Å². The molecule has 2 atom stereocenters. The van der Waals surface area contributed by atoms with Gasteiger partial charge in [0, 0.05) is 6.04 Å². The zero-order valence-corrected chi connectivity index (χ0v) is 10.5. The van der Waals surface area contributed by atoms with Crippen molar-refractivity contribution in [3.05, 3.63) is 48.6 Å². The van der Waals surface area contributed by atoms with Gasteiger partial charge in [0.15, 0.2) is 0 Å². The third kappa shape index (κ3) is 4.31. The van der Waals surface area contributed by atoms with Crippen molar-refractivity contribution in [1.82, 2.24) is 5.32 Å². The van der Waals surface area contributed by atoms with E-state index in [-0.39, 0.29) is 12.6 Å². The molecule has 0 aliphatic rings. The van der Waals surface area contributed by atoms with Gasteiger partial charge in [-0.2, -0.15) is 0 Å². The summed E-state index contributed by atoms with van der Waals surface area (Å²) in [6.45, 7) is 3.52. The monoisotopic (exact) mass is 249 g/mol. The minimum atomic E-state index is -0.601. The molecule has 1 rings (SSSR count). The Morgan fingerprint density at radius 1 is 1.50 bits per heavy atom. The topological polar surface area (TPSA) is 58.6 Å². The van der Waals surface area contributed by atoms with E-state index in [9.17, 15) is 9.90 Å². The standard InChI is InChI=1S/C14H19NO3/c1-3-13(14(17)18-2)15-12(10-16)9-11-7-5-4-6-8-11/h3-8,12-13,15-16H,1,9-10H2,2H3. The fourth-order valence-corrected chi connectivity index (χ4v) is 1.69. The molecule has 0 fully saturated rings. The Bertz CT molecular complexity index is 378. The summed E-state index contributed by atoms with van der Waals surface area (Å²) >= 11 is 0. The predicted octanol–water partition coefficient (Wildman–Crippen LogP) is 0.907. The molecule has 0 aliphatic heterocycles. The van der Waals surface area contributed by atoms with E-state index in [1.807, 2.05) is 30.3 Å². The van der Waals surface area contributed by atoms with E-state index in [4.69, 9.17) is 0 Å². The average molecular weight is 249 g/mol. The number of ether oxygens (including phenoxy) is 1. The summed E-state index contributed by atoms with van der Waals surface area (Å²) in [7, 11) is 1.33. The highest BCUT2D eigenvalue weighted by Crippen LogP contribution is 2.04. The van der Waals surface area contributed by atoms with Gasteiger partial charge < -0.3 is 9.84 Å². The highest BCUT2D eigenvalue weighted by molar-refractivity contribution is 5.77. The molecule has 0 spiro atoms. The van der Waals surface area contributed by atoms with E-state index in [1.54, 1.807) is 0 Å². The van der Waals surface area contributed by atoms with Crippen LogP contribution in [0.3, 0.4) is 0 Å². The molecular formula is C14H19NO3. The Morgan fingerprint density at radius 3 is 2.67 bits per heavy atom. The van der Waals surface area contributed by atoms with Crippen molar-refractivity contribution in [3.63, 3.8) is 0 Å². The van der Waals surface area contributed by atoms with Crippen molar-refractivity contribution in [1.29, 1.82) is 0 Å². The molecule has 0 amide bonds. The molecule has 0 bridgehead atoms. The van der Waals surface area contributed by atoms with Crippen molar-refractivity contribution in [2.24, 2.45) is 0 Å². The highest BCUT2D eigenvalue weighted by Gasteiger charge is 2.19. The molecule has 1 aromatic rings. The number of rotatable bonds is 7. The van der Waals surface area contributed by atoms with E-state index in [0.29, 0.717) is 6.42 Å². The molecule has 0 aromatic heterocycles. The number of hydrogen-bond acceptors (Lipinski definition) is 4. The van der Waals surface area contributed by atoms with Gasteiger partial charge in [-0.3, -0.25) is 10.1 Å². The summed E-state index contributed by atoms with van der Waals surface area (Å²) in [5.74, 6) is -0.406. The molecule has 0 saturated heterocycles. The fraction of sp³-hybridized carbons (Fsp3) is 0.357. The van der Waals surface area contributed by atoms with Crippen molar-refractivity contribution in [3.8, 4) is 0 Å². The largest absolute Gasteiger partial charge is 0.468 e. The second-order valence-corrected chi connectivity index (χ2v) is 3.97. The first kappa shape index (κ1) is 14.4. The molecule has 1 aromatic carbocycles. The molecule has 0 saturated carbocycles. The molecule has 2 unspecified atom stereocenters. The van der Waals surface area contributed by atoms with Crippen molar-refractivity contribution in [2.75, 3.05) is 13.7 Å². The molecule has 98 valence electrons. The van der Waals surface area contributed by atoms with Crippen LogP contribution in [0.5, 0.6) is 0 Å². The molecule has 0 aliphatic carbocycles. The van der Waals surface area contributed by atoms with Crippen LogP contribution in [0.25, 0.3) is 0 Å². The van der Waals surface area contributed by atoms with E-state index in [1.165, 1.54) is 13.2 Å². The summed E-state index contributed by atoms with van der Waals surface area (Å²) < 4.78 is 4.64. The van der Waals surface area contributed by atoms with E-state index >= 15 is 0 Å².